The van der Waals surface area contributed by atoms with Gasteiger partial charge in [0.25, 0.3) is 0 Å². The molecule has 312 valence electrons. The van der Waals surface area contributed by atoms with E-state index in [1.807, 2.05) is 21.1 Å². The number of carbonyl (C=O) groups excluding carboxylic acids is 1. The molecule has 9 heteroatoms. The maximum atomic E-state index is 12.7. The van der Waals surface area contributed by atoms with Crippen molar-refractivity contribution < 1.29 is 37.3 Å². The Balaban J connectivity index is 4.15. The molecule has 0 saturated carbocycles. The third-order valence-electron chi connectivity index (χ3n) is 9.92. The van der Waals surface area contributed by atoms with Crippen molar-refractivity contribution >= 4 is 13.8 Å². The van der Waals surface area contributed by atoms with E-state index in [-0.39, 0.29) is 25.8 Å². The number of phosphoric acid groups is 1. The van der Waals surface area contributed by atoms with Crippen LogP contribution in [0.25, 0.3) is 0 Å². The Morgan fingerprint density at radius 3 is 1.27 bits per heavy atom. The molecule has 0 spiro atoms. The molecule has 0 saturated heterocycles. The molecule has 0 bridgehead atoms. The van der Waals surface area contributed by atoms with E-state index in [0.29, 0.717) is 24.1 Å². The summed E-state index contributed by atoms with van der Waals surface area (Å²) in [6, 6.07) is 0. The standard InChI is InChI=1S/C43H88NO7P/c1-6-8-10-12-14-16-18-20-21-22-23-24-25-26-28-30-32-34-36-43(45)51-42(41-50-52(46,47)49-39-37-44(3,4)5)40-48-38-35-33-31-29-27-19-17-15-13-11-9-7-2/h42H,6-41H2,1-5H3/p+1/t42-/m1/s1. The van der Waals surface area contributed by atoms with E-state index in [1.165, 1.54) is 161 Å². The van der Waals surface area contributed by atoms with Gasteiger partial charge in [0.05, 0.1) is 34.4 Å². The monoisotopic (exact) mass is 763 g/mol. The van der Waals surface area contributed by atoms with Crippen LogP contribution in [-0.2, 0) is 27.9 Å². The number of phosphoric ester groups is 1. The highest BCUT2D eigenvalue weighted by molar-refractivity contribution is 7.47. The second-order valence-corrected chi connectivity index (χ2v) is 17.9. The molecule has 0 fully saturated rings. The van der Waals surface area contributed by atoms with Crippen molar-refractivity contribution in [2.45, 2.75) is 219 Å². The molecule has 0 aliphatic carbocycles. The minimum Gasteiger partial charge on any atom is -0.457 e. The molecule has 0 aromatic rings. The number of likely N-dealkylation sites (N-methyl/N-ethyl adjacent to an activating group) is 1. The highest BCUT2D eigenvalue weighted by Gasteiger charge is 2.26. The van der Waals surface area contributed by atoms with Crippen molar-refractivity contribution in [1.82, 2.24) is 0 Å². The predicted molar refractivity (Wildman–Crippen MR) is 220 cm³/mol. The molecule has 2 atom stereocenters. The fourth-order valence-electron chi connectivity index (χ4n) is 6.44. The van der Waals surface area contributed by atoms with Gasteiger partial charge in [-0.15, -0.1) is 0 Å². The summed E-state index contributed by atoms with van der Waals surface area (Å²) in [5, 5.41) is 0. The molecule has 8 nitrogen and oxygen atoms in total. The van der Waals surface area contributed by atoms with Gasteiger partial charge in [0.1, 0.15) is 19.3 Å². The molecule has 0 aliphatic heterocycles. The van der Waals surface area contributed by atoms with Crippen LogP contribution in [0.2, 0.25) is 0 Å². The van der Waals surface area contributed by atoms with Crippen molar-refractivity contribution in [3.05, 3.63) is 0 Å². The lowest BCUT2D eigenvalue weighted by molar-refractivity contribution is -0.870. The predicted octanol–water partition coefficient (Wildman–Crippen LogP) is 12.9. The summed E-state index contributed by atoms with van der Waals surface area (Å²) in [6.07, 6.45) is 38.4. The lowest BCUT2D eigenvalue weighted by atomic mass is 10.0. The quantitative estimate of drug-likeness (QED) is 0.0286. The first-order valence-corrected chi connectivity index (χ1v) is 23.8. The van der Waals surface area contributed by atoms with E-state index in [4.69, 9.17) is 18.5 Å². The van der Waals surface area contributed by atoms with Crippen LogP contribution in [0.4, 0.5) is 0 Å². The number of rotatable bonds is 42. The summed E-state index contributed by atoms with van der Waals surface area (Å²) in [4.78, 5) is 22.9. The van der Waals surface area contributed by atoms with Gasteiger partial charge in [-0.3, -0.25) is 13.8 Å². The molecule has 0 heterocycles. The van der Waals surface area contributed by atoms with E-state index >= 15 is 0 Å². The molecule has 0 rings (SSSR count). The molecule has 0 aliphatic rings. The Kier molecular flexibility index (Phi) is 37.1. The number of hydrogen-bond donors (Lipinski definition) is 1. The number of unbranched alkanes of at least 4 members (excludes halogenated alkanes) is 28. The summed E-state index contributed by atoms with van der Waals surface area (Å²) in [5.74, 6) is -0.308. The first-order chi connectivity index (χ1) is 25.1. The van der Waals surface area contributed by atoms with Gasteiger partial charge in [0.15, 0.2) is 0 Å². The summed E-state index contributed by atoms with van der Waals surface area (Å²) < 4.78 is 35.0. The normalized spacial score (nSPS) is 13.7. The van der Waals surface area contributed by atoms with Crippen LogP contribution in [0.15, 0.2) is 0 Å². The van der Waals surface area contributed by atoms with Gasteiger partial charge in [-0.25, -0.2) is 4.57 Å². The highest BCUT2D eigenvalue weighted by Crippen LogP contribution is 2.43. The van der Waals surface area contributed by atoms with Crippen LogP contribution in [0.3, 0.4) is 0 Å². The van der Waals surface area contributed by atoms with Gasteiger partial charge in [-0.1, -0.05) is 194 Å². The summed E-state index contributed by atoms with van der Waals surface area (Å²) in [7, 11) is 1.68. The van der Waals surface area contributed by atoms with Gasteiger partial charge in [-0.05, 0) is 12.8 Å². The Hall–Kier alpha value is -0.500. The number of quaternary nitrogens is 1. The van der Waals surface area contributed by atoms with Crippen molar-refractivity contribution in [3.63, 3.8) is 0 Å². The fraction of sp³-hybridized carbons (Fsp3) is 0.977. The van der Waals surface area contributed by atoms with Crippen LogP contribution in [0.5, 0.6) is 0 Å². The Labute approximate surface area is 323 Å². The van der Waals surface area contributed by atoms with E-state index in [0.717, 1.165) is 32.1 Å². The molecule has 52 heavy (non-hydrogen) atoms. The Morgan fingerprint density at radius 1 is 0.519 bits per heavy atom. The van der Waals surface area contributed by atoms with Gasteiger partial charge in [0.2, 0.25) is 0 Å². The Bertz CT molecular complexity index is 807. The number of esters is 1. The molecular formula is C43H89NO7P+. The smallest absolute Gasteiger partial charge is 0.457 e. The maximum Gasteiger partial charge on any atom is 0.472 e. The summed E-state index contributed by atoms with van der Waals surface area (Å²) in [5.41, 5.74) is 0. The SMILES string of the molecule is CCCCCCCCCCCCCCCCCCCCC(=O)O[C@H](COCCCCCCCCCCCCCC)COP(=O)(O)OCC[N+](C)(C)C. The Morgan fingerprint density at radius 2 is 0.885 bits per heavy atom. The summed E-state index contributed by atoms with van der Waals surface area (Å²) in [6.45, 7) is 5.67. The first-order valence-electron chi connectivity index (χ1n) is 22.3. The van der Waals surface area contributed by atoms with Crippen LogP contribution in [0, 0.1) is 0 Å². The number of hydrogen-bond acceptors (Lipinski definition) is 6. The van der Waals surface area contributed by atoms with Gasteiger partial charge < -0.3 is 18.9 Å². The lowest BCUT2D eigenvalue weighted by Crippen LogP contribution is -2.37. The average Bonchev–Trinajstić information content (AvgIpc) is 3.09. The number of ether oxygens (including phenoxy) is 2. The molecule has 0 aromatic heterocycles. The van der Waals surface area contributed by atoms with Crippen LogP contribution >= 0.6 is 7.82 Å². The largest absolute Gasteiger partial charge is 0.472 e. The lowest BCUT2D eigenvalue weighted by Gasteiger charge is -2.24. The van der Waals surface area contributed by atoms with Gasteiger partial charge >= 0.3 is 13.8 Å². The highest BCUT2D eigenvalue weighted by atomic mass is 31.2. The van der Waals surface area contributed by atoms with Crippen LogP contribution in [0.1, 0.15) is 213 Å². The molecule has 0 aromatic carbocycles. The van der Waals surface area contributed by atoms with Crippen molar-refractivity contribution in [1.29, 1.82) is 0 Å². The molecular weight excluding hydrogens is 673 g/mol. The van der Waals surface area contributed by atoms with Gasteiger partial charge in [-0.2, -0.15) is 0 Å². The molecule has 0 amide bonds. The van der Waals surface area contributed by atoms with E-state index in [1.54, 1.807) is 0 Å². The van der Waals surface area contributed by atoms with Crippen molar-refractivity contribution in [3.8, 4) is 0 Å². The second kappa shape index (κ2) is 37.4. The minimum atomic E-state index is -4.26. The minimum absolute atomic E-state index is 0.0938. The zero-order valence-electron chi connectivity index (χ0n) is 35.3. The maximum absolute atomic E-state index is 12.7. The fourth-order valence-corrected chi connectivity index (χ4v) is 7.18. The van der Waals surface area contributed by atoms with Crippen molar-refractivity contribution in [2.75, 3.05) is 54.1 Å². The van der Waals surface area contributed by atoms with E-state index in [9.17, 15) is 14.3 Å². The average molecular weight is 763 g/mol. The van der Waals surface area contributed by atoms with E-state index in [2.05, 4.69) is 13.8 Å². The second-order valence-electron chi connectivity index (χ2n) is 16.4. The first kappa shape index (κ1) is 51.5. The zero-order valence-corrected chi connectivity index (χ0v) is 36.2. The molecule has 1 N–H and O–H groups in total. The number of carbonyl (C=O) groups is 1. The van der Waals surface area contributed by atoms with Crippen molar-refractivity contribution in [2.24, 2.45) is 0 Å². The van der Waals surface area contributed by atoms with Gasteiger partial charge in [0, 0.05) is 13.0 Å². The number of nitrogens with zero attached hydrogens (tertiary/aromatic N) is 1. The topological polar surface area (TPSA) is 91.3 Å². The summed E-state index contributed by atoms with van der Waals surface area (Å²) >= 11 is 0. The van der Waals surface area contributed by atoms with Crippen LogP contribution < -0.4 is 0 Å². The molecule has 1 unspecified atom stereocenters. The van der Waals surface area contributed by atoms with E-state index < -0.39 is 13.9 Å². The zero-order chi connectivity index (χ0) is 38.4. The molecule has 0 radical (unpaired) electrons. The third-order valence-corrected chi connectivity index (χ3v) is 10.9. The van der Waals surface area contributed by atoms with Crippen LogP contribution in [-0.4, -0.2) is 75.6 Å². The third kappa shape index (κ3) is 40.7.